The van der Waals surface area contributed by atoms with Gasteiger partial charge in [-0.2, -0.15) is 5.10 Å². The first-order valence-electron chi connectivity index (χ1n) is 7.92. The van der Waals surface area contributed by atoms with Crippen LogP contribution in [0.5, 0.6) is 0 Å². The van der Waals surface area contributed by atoms with Gasteiger partial charge in [0.05, 0.1) is 22.8 Å². The molecular formula is C18H15N5O4. The Morgan fingerprint density at radius 1 is 1.11 bits per heavy atom. The number of non-ortho nitro benzene ring substituents is 1. The highest BCUT2D eigenvalue weighted by Gasteiger charge is 2.18. The normalized spacial score (nSPS) is 10.4. The molecule has 0 spiro atoms. The maximum atomic E-state index is 12.5. The van der Waals surface area contributed by atoms with E-state index in [1.54, 1.807) is 42.5 Å². The van der Waals surface area contributed by atoms with Crippen LogP contribution in [0.25, 0.3) is 16.9 Å². The molecule has 0 aliphatic carbocycles. The quantitative estimate of drug-likeness (QED) is 0.506. The monoisotopic (exact) mass is 365 g/mol. The summed E-state index contributed by atoms with van der Waals surface area (Å²) in [5, 5.41) is 17.7. The lowest BCUT2D eigenvalue weighted by Gasteiger charge is -2.07. The van der Waals surface area contributed by atoms with Gasteiger partial charge in [0.25, 0.3) is 11.6 Å². The zero-order valence-corrected chi connectivity index (χ0v) is 14.0. The van der Waals surface area contributed by atoms with Crippen LogP contribution in [0.2, 0.25) is 0 Å². The fourth-order valence-electron chi connectivity index (χ4n) is 2.46. The maximum Gasteiger partial charge on any atom is 0.270 e. The summed E-state index contributed by atoms with van der Waals surface area (Å²) in [5.41, 5.74) is 6.95. The van der Waals surface area contributed by atoms with E-state index >= 15 is 0 Å². The fourth-order valence-corrected chi connectivity index (χ4v) is 2.46. The van der Waals surface area contributed by atoms with Crippen LogP contribution in [-0.4, -0.2) is 33.1 Å². The van der Waals surface area contributed by atoms with E-state index in [2.05, 4.69) is 10.4 Å². The molecule has 9 heteroatoms. The molecule has 0 atom stereocenters. The number of nitrogens with two attached hydrogens (primary N) is 1. The standard InChI is InChI=1S/C18H15N5O4/c19-17(24)11-20-18(25)16-10-15(12-6-8-14(9-7-12)23(26)27)21-22(16)13-4-2-1-3-5-13/h1-10H,11H2,(H2,19,24)(H,20,25). The highest BCUT2D eigenvalue weighted by atomic mass is 16.6. The van der Waals surface area contributed by atoms with Crippen LogP contribution in [0.1, 0.15) is 10.5 Å². The van der Waals surface area contributed by atoms with Crippen molar-refractivity contribution >= 4 is 17.5 Å². The lowest BCUT2D eigenvalue weighted by Crippen LogP contribution is -2.34. The van der Waals surface area contributed by atoms with Gasteiger partial charge in [-0.25, -0.2) is 4.68 Å². The van der Waals surface area contributed by atoms with Crippen LogP contribution in [0.3, 0.4) is 0 Å². The minimum atomic E-state index is -0.662. The zero-order chi connectivity index (χ0) is 19.4. The van der Waals surface area contributed by atoms with Crippen molar-refractivity contribution in [3.05, 3.63) is 76.5 Å². The van der Waals surface area contributed by atoms with Crippen molar-refractivity contribution in [1.82, 2.24) is 15.1 Å². The number of hydrogen-bond acceptors (Lipinski definition) is 5. The highest BCUT2D eigenvalue weighted by molar-refractivity contribution is 5.96. The van der Waals surface area contributed by atoms with Gasteiger partial charge >= 0.3 is 0 Å². The molecule has 27 heavy (non-hydrogen) atoms. The number of carbonyl (C=O) groups excluding carboxylic acids is 2. The summed E-state index contributed by atoms with van der Waals surface area (Å²) >= 11 is 0. The molecule has 0 aliphatic heterocycles. The summed E-state index contributed by atoms with van der Waals surface area (Å²) in [5.74, 6) is -1.18. The van der Waals surface area contributed by atoms with Crippen molar-refractivity contribution in [2.45, 2.75) is 0 Å². The molecule has 3 N–H and O–H groups in total. The van der Waals surface area contributed by atoms with Crippen LogP contribution in [0, 0.1) is 10.1 Å². The SMILES string of the molecule is NC(=O)CNC(=O)c1cc(-c2ccc([N+](=O)[O-])cc2)nn1-c1ccccc1. The smallest absolute Gasteiger partial charge is 0.270 e. The predicted molar refractivity (Wildman–Crippen MR) is 97.2 cm³/mol. The van der Waals surface area contributed by atoms with Crippen molar-refractivity contribution in [2.24, 2.45) is 5.73 Å². The molecule has 3 rings (SSSR count). The number of benzene rings is 2. The lowest BCUT2D eigenvalue weighted by atomic mass is 10.1. The molecule has 0 unspecified atom stereocenters. The molecule has 1 heterocycles. The van der Waals surface area contributed by atoms with Gasteiger partial charge in [0.15, 0.2) is 0 Å². The Labute approximate surface area is 153 Å². The Hall–Kier alpha value is -4.01. The van der Waals surface area contributed by atoms with E-state index in [9.17, 15) is 19.7 Å². The zero-order valence-electron chi connectivity index (χ0n) is 14.0. The molecule has 0 radical (unpaired) electrons. The van der Waals surface area contributed by atoms with Gasteiger partial charge in [0.1, 0.15) is 5.69 Å². The summed E-state index contributed by atoms with van der Waals surface area (Å²) in [7, 11) is 0. The summed E-state index contributed by atoms with van der Waals surface area (Å²) in [6.45, 7) is -0.300. The van der Waals surface area contributed by atoms with Gasteiger partial charge in [-0.1, -0.05) is 18.2 Å². The van der Waals surface area contributed by atoms with Crippen LogP contribution >= 0.6 is 0 Å². The third kappa shape index (κ3) is 3.98. The van der Waals surface area contributed by atoms with Gasteiger partial charge < -0.3 is 11.1 Å². The Bertz CT molecular complexity index is 996. The fraction of sp³-hybridized carbons (Fsp3) is 0.0556. The molecule has 0 fully saturated rings. The number of amides is 2. The van der Waals surface area contributed by atoms with Crippen LogP contribution in [0.4, 0.5) is 5.69 Å². The number of hydrogen-bond donors (Lipinski definition) is 2. The average Bonchev–Trinajstić information content (AvgIpc) is 3.12. The van der Waals surface area contributed by atoms with Crippen LogP contribution < -0.4 is 11.1 Å². The molecule has 0 aliphatic rings. The molecule has 1 aromatic heterocycles. The number of nitrogens with one attached hydrogen (secondary N) is 1. The van der Waals surface area contributed by atoms with Crippen LogP contribution in [-0.2, 0) is 4.79 Å². The second-order valence-corrected chi connectivity index (χ2v) is 5.62. The molecular weight excluding hydrogens is 350 g/mol. The first-order valence-corrected chi connectivity index (χ1v) is 7.92. The van der Waals surface area contributed by atoms with Crippen molar-refractivity contribution in [3.8, 4) is 16.9 Å². The number of aromatic nitrogens is 2. The average molecular weight is 365 g/mol. The number of nitro benzene ring substituents is 1. The summed E-state index contributed by atoms with van der Waals surface area (Å²) in [4.78, 5) is 33.7. The molecule has 0 bridgehead atoms. The van der Waals surface area contributed by atoms with E-state index in [1.807, 2.05) is 6.07 Å². The third-order valence-electron chi connectivity index (χ3n) is 3.74. The molecule has 0 saturated carbocycles. The maximum absolute atomic E-state index is 12.5. The topological polar surface area (TPSA) is 133 Å². The first-order chi connectivity index (χ1) is 13.0. The second kappa shape index (κ2) is 7.48. The van der Waals surface area contributed by atoms with Gasteiger partial charge in [-0.05, 0) is 30.3 Å². The van der Waals surface area contributed by atoms with E-state index < -0.39 is 16.7 Å². The molecule has 2 aromatic carbocycles. The number of carbonyl (C=O) groups is 2. The highest BCUT2D eigenvalue weighted by Crippen LogP contribution is 2.24. The third-order valence-corrected chi connectivity index (χ3v) is 3.74. The van der Waals surface area contributed by atoms with Crippen molar-refractivity contribution < 1.29 is 14.5 Å². The van der Waals surface area contributed by atoms with Gasteiger partial charge in [0, 0.05) is 17.7 Å². The van der Waals surface area contributed by atoms with E-state index in [1.165, 1.54) is 16.8 Å². The molecule has 0 saturated heterocycles. The number of para-hydroxylation sites is 1. The predicted octanol–water partition coefficient (Wildman–Crippen LogP) is 1.66. The second-order valence-electron chi connectivity index (χ2n) is 5.62. The van der Waals surface area contributed by atoms with E-state index in [4.69, 9.17) is 5.73 Å². The van der Waals surface area contributed by atoms with Crippen molar-refractivity contribution in [2.75, 3.05) is 6.54 Å². The van der Waals surface area contributed by atoms with E-state index in [0.717, 1.165) is 0 Å². The van der Waals surface area contributed by atoms with Gasteiger partial charge in [0.2, 0.25) is 5.91 Å². The van der Waals surface area contributed by atoms with Crippen molar-refractivity contribution in [1.29, 1.82) is 0 Å². The molecule has 2 amide bonds. The minimum Gasteiger partial charge on any atom is -0.368 e. The summed E-state index contributed by atoms with van der Waals surface area (Å²) < 4.78 is 1.44. The Morgan fingerprint density at radius 2 is 1.78 bits per heavy atom. The summed E-state index contributed by atoms with van der Waals surface area (Å²) in [6.07, 6.45) is 0. The molecule has 9 nitrogen and oxygen atoms in total. The minimum absolute atomic E-state index is 0.0410. The molecule has 136 valence electrons. The number of nitrogens with zero attached hydrogens (tertiary/aromatic N) is 3. The lowest BCUT2D eigenvalue weighted by molar-refractivity contribution is -0.384. The van der Waals surface area contributed by atoms with Gasteiger partial charge in [-0.15, -0.1) is 0 Å². The van der Waals surface area contributed by atoms with E-state index in [0.29, 0.717) is 16.9 Å². The van der Waals surface area contributed by atoms with Gasteiger partial charge in [-0.3, -0.25) is 19.7 Å². The Kier molecular flexibility index (Phi) is 4.93. The number of nitro groups is 1. The molecule has 3 aromatic rings. The van der Waals surface area contributed by atoms with Crippen molar-refractivity contribution in [3.63, 3.8) is 0 Å². The van der Waals surface area contributed by atoms with E-state index in [-0.39, 0.29) is 17.9 Å². The largest absolute Gasteiger partial charge is 0.368 e. The Balaban J connectivity index is 2.02. The Morgan fingerprint density at radius 3 is 2.37 bits per heavy atom. The summed E-state index contributed by atoms with van der Waals surface area (Å²) in [6, 6.07) is 16.4. The first kappa shape index (κ1) is 17.8. The van der Waals surface area contributed by atoms with Crippen LogP contribution in [0.15, 0.2) is 60.7 Å². The number of rotatable bonds is 6. The number of primary amides is 1.